The van der Waals surface area contributed by atoms with Crippen LogP contribution in [0.4, 0.5) is 17.1 Å². The zero-order valence-electron chi connectivity index (χ0n) is 21.6. The van der Waals surface area contributed by atoms with Crippen LogP contribution in [0.5, 0.6) is 0 Å². The maximum atomic E-state index is 6.37. The van der Waals surface area contributed by atoms with E-state index in [-0.39, 0.29) is 0 Å². The zero-order chi connectivity index (χ0) is 26.2. The van der Waals surface area contributed by atoms with Gasteiger partial charge in [-0.05, 0) is 64.3 Å². The molecule has 0 unspecified atom stereocenters. The number of fused-ring (bicyclic) bond motifs is 8. The maximum absolute atomic E-state index is 6.37. The highest BCUT2D eigenvalue weighted by molar-refractivity contribution is 6.73. The number of hydrogen-bond donors (Lipinski definition) is 1. The van der Waals surface area contributed by atoms with E-state index in [1.807, 2.05) is 12.1 Å². The highest BCUT2D eigenvalue weighted by Crippen LogP contribution is 2.43. The average molecular weight is 509 g/mol. The van der Waals surface area contributed by atoms with E-state index in [4.69, 9.17) is 4.42 Å². The van der Waals surface area contributed by atoms with Gasteiger partial charge in [0.2, 0.25) is 0 Å². The van der Waals surface area contributed by atoms with Crippen LogP contribution < -0.4 is 15.8 Å². The molecular formula is C36H22BN2O. The fourth-order valence-electron chi connectivity index (χ4n) is 6.49. The van der Waals surface area contributed by atoms with E-state index >= 15 is 0 Å². The Morgan fingerprint density at radius 2 is 1.35 bits per heavy atom. The number of benzene rings is 6. The van der Waals surface area contributed by atoms with Crippen LogP contribution in [0.1, 0.15) is 0 Å². The number of hydrogen-bond acceptors (Lipinski definition) is 2. The molecule has 3 nitrogen and oxygen atoms in total. The largest absolute Gasteiger partial charge is 0.454 e. The van der Waals surface area contributed by atoms with Crippen molar-refractivity contribution in [3.05, 3.63) is 127 Å². The van der Waals surface area contributed by atoms with E-state index in [0.717, 1.165) is 38.7 Å². The lowest BCUT2D eigenvalue weighted by atomic mass is 9.57. The summed E-state index contributed by atoms with van der Waals surface area (Å²) < 4.78 is 6.37. The fraction of sp³-hybridized carbons (Fsp3) is 0. The molecule has 9 rings (SSSR count). The van der Waals surface area contributed by atoms with Crippen molar-refractivity contribution in [3.63, 3.8) is 0 Å². The normalized spacial score (nSPS) is 12.7. The van der Waals surface area contributed by atoms with Gasteiger partial charge in [0.25, 0.3) is 0 Å². The molecule has 0 atom stereocenters. The molecule has 6 aromatic carbocycles. The number of nitrogens with zero attached hydrogens (tertiary/aromatic N) is 1. The minimum Gasteiger partial charge on any atom is -0.454 e. The van der Waals surface area contributed by atoms with Gasteiger partial charge in [-0.2, -0.15) is 0 Å². The Balaban J connectivity index is 1.40. The number of aromatic nitrogens is 1. The molecule has 0 saturated carbocycles. The Morgan fingerprint density at radius 3 is 2.27 bits per heavy atom. The van der Waals surface area contributed by atoms with E-state index in [1.54, 1.807) is 0 Å². The van der Waals surface area contributed by atoms with Crippen molar-refractivity contribution in [2.24, 2.45) is 0 Å². The summed E-state index contributed by atoms with van der Waals surface area (Å²) >= 11 is 0. The Morgan fingerprint density at radius 1 is 0.600 bits per heavy atom. The number of rotatable bonds is 2. The quantitative estimate of drug-likeness (QED) is 0.238. The molecule has 0 bridgehead atoms. The molecular weight excluding hydrogens is 487 g/mol. The molecule has 1 aliphatic rings. The molecule has 1 N–H and O–H groups in total. The number of para-hydroxylation sites is 4. The second-order valence-corrected chi connectivity index (χ2v) is 10.4. The molecule has 3 heterocycles. The molecule has 8 aromatic rings. The van der Waals surface area contributed by atoms with E-state index in [1.165, 1.54) is 44.2 Å². The van der Waals surface area contributed by atoms with Gasteiger partial charge in [-0.25, -0.2) is 0 Å². The minimum atomic E-state index is 0.905. The van der Waals surface area contributed by atoms with Gasteiger partial charge < -0.3 is 14.3 Å². The first-order valence-corrected chi connectivity index (χ1v) is 13.6. The van der Waals surface area contributed by atoms with Crippen molar-refractivity contribution >= 4 is 79.0 Å². The molecule has 2 aromatic heterocycles. The number of aromatic amines is 1. The summed E-state index contributed by atoms with van der Waals surface area (Å²) in [6, 6.07) is 45.2. The predicted molar refractivity (Wildman–Crippen MR) is 168 cm³/mol. The number of nitrogens with one attached hydrogen (secondary N) is 1. The Bertz CT molecular complexity index is 2260. The highest BCUT2D eigenvalue weighted by atomic mass is 16.3. The molecule has 0 saturated heterocycles. The molecule has 0 fully saturated rings. The van der Waals surface area contributed by atoms with Crippen LogP contribution in [0, 0.1) is 0 Å². The second kappa shape index (κ2) is 8.14. The van der Waals surface area contributed by atoms with Crippen LogP contribution in [0.3, 0.4) is 0 Å². The van der Waals surface area contributed by atoms with Crippen LogP contribution in [-0.2, 0) is 0 Å². The van der Waals surface area contributed by atoms with Crippen molar-refractivity contribution in [1.82, 2.24) is 4.98 Å². The van der Waals surface area contributed by atoms with Gasteiger partial charge in [0.1, 0.15) is 5.58 Å². The van der Waals surface area contributed by atoms with Crippen molar-refractivity contribution in [3.8, 4) is 11.1 Å². The monoisotopic (exact) mass is 509 g/mol. The summed E-state index contributed by atoms with van der Waals surface area (Å²) in [7, 11) is 2.35. The van der Waals surface area contributed by atoms with Gasteiger partial charge in [0, 0.05) is 33.4 Å². The van der Waals surface area contributed by atoms with Gasteiger partial charge in [-0.15, -0.1) is 0 Å². The average Bonchev–Trinajstić information content (AvgIpc) is 3.56. The molecule has 0 spiro atoms. The Labute approximate surface area is 231 Å². The molecule has 185 valence electrons. The first-order valence-electron chi connectivity index (χ1n) is 13.6. The third kappa shape index (κ3) is 2.96. The SMILES string of the molecule is [B]1c2ccccc2N(c2ccccc2)c2cc3ccccc3c(-c3cccc4c3[nH]c3c5ccccc5oc43)c21. The van der Waals surface area contributed by atoms with Crippen LogP contribution in [0.15, 0.2) is 132 Å². The summed E-state index contributed by atoms with van der Waals surface area (Å²) in [5, 5.41) is 4.65. The molecule has 0 aliphatic carbocycles. The number of anilines is 3. The van der Waals surface area contributed by atoms with E-state index < -0.39 is 0 Å². The third-order valence-electron chi connectivity index (χ3n) is 8.22. The summed E-state index contributed by atoms with van der Waals surface area (Å²) in [6.07, 6.45) is 0. The van der Waals surface area contributed by atoms with Gasteiger partial charge in [0.15, 0.2) is 12.9 Å². The van der Waals surface area contributed by atoms with Crippen molar-refractivity contribution in [2.75, 3.05) is 4.90 Å². The minimum absolute atomic E-state index is 0.905. The van der Waals surface area contributed by atoms with E-state index in [2.05, 4.69) is 132 Å². The lowest BCUT2D eigenvalue weighted by Crippen LogP contribution is -2.41. The predicted octanol–water partition coefficient (Wildman–Crippen LogP) is 8.33. The lowest BCUT2D eigenvalue weighted by molar-refractivity contribution is 0.673. The van der Waals surface area contributed by atoms with Crippen molar-refractivity contribution < 1.29 is 4.42 Å². The smallest absolute Gasteiger partial charge is 0.197 e. The molecule has 1 radical (unpaired) electrons. The Hall–Kier alpha value is -5.22. The summed E-state index contributed by atoms with van der Waals surface area (Å²) in [4.78, 5) is 6.18. The van der Waals surface area contributed by atoms with Crippen LogP contribution in [0.2, 0.25) is 0 Å². The van der Waals surface area contributed by atoms with Gasteiger partial charge in [-0.3, -0.25) is 0 Å². The van der Waals surface area contributed by atoms with Crippen molar-refractivity contribution in [1.29, 1.82) is 0 Å². The molecule has 40 heavy (non-hydrogen) atoms. The van der Waals surface area contributed by atoms with Gasteiger partial charge in [0.05, 0.1) is 11.0 Å². The second-order valence-electron chi connectivity index (χ2n) is 10.4. The lowest BCUT2D eigenvalue weighted by Gasteiger charge is -2.35. The van der Waals surface area contributed by atoms with Crippen LogP contribution >= 0.6 is 0 Å². The summed E-state index contributed by atoms with van der Waals surface area (Å²) in [5.41, 5.74) is 12.3. The molecule has 4 heteroatoms. The summed E-state index contributed by atoms with van der Waals surface area (Å²) in [6.45, 7) is 0. The first-order chi connectivity index (χ1) is 19.8. The van der Waals surface area contributed by atoms with E-state index in [9.17, 15) is 0 Å². The summed E-state index contributed by atoms with van der Waals surface area (Å²) in [5.74, 6) is 0. The number of H-pyrrole nitrogens is 1. The molecule has 0 amide bonds. The Kier molecular flexibility index (Phi) is 4.41. The topological polar surface area (TPSA) is 32.2 Å². The fourth-order valence-corrected chi connectivity index (χ4v) is 6.49. The third-order valence-corrected chi connectivity index (χ3v) is 8.22. The first kappa shape index (κ1) is 21.7. The number of furan rings is 1. The van der Waals surface area contributed by atoms with E-state index in [0.29, 0.717) is 0 Å². The molecule has 1 aliphatic heterocycles. The van der Waals surface area contributed by atoms with Crippen LogP contribution in [-0.4, -0.2) is 12.3 Å². The highest BCUT2D eigenvalue weighted by Gasteiger charge is 2.29. The maximum Gasteiger partial charge on any atom is 0.197 e. The zero-order valence-corrected chi connectivity index (χ0v) is 21.6. The standard InChI is InChI=1S/C36H22BN2O/c1-2-12-23(13-3-1)39-29-19-8-7-18-28(29)37-33-30(39)21-22-11-4-5-14-24(22)32(33)26-16-10-17-27-34(26)38-35-25-15-6-9-20-31(25)40-36(27)35/h1-21,38H. The van der Waals surface area contributed by atoms with Gasteiger partial charge >= 0.3 is 0 Å². The van der Waals surface area contributed by atoms with Gasteiger partial charge in [-0.1, -0.05) is 90.4 Å². The van der Waals surface area contributed by atoms with Crippen molar-refractivity contribution in [2.45, 2.75) is 0 Å². The van der Waals surface area contributed by atoms with Crippen LogP contribution in [0.25, 0.3) is 54.9 Å².